The predicted octanol–water partition coefficient (Wildman–Crippen LogP) is 3.09. The van der Waals surface area contributed by atoms with Crippen LogP contribution in [-0.4, -0.2) is 17.6 Å². The van der Waals surface area contributed by atoms with Crippen LogP contribution in [0.15, 0.2) is 6.20 Å². The van der Waals surface area contributed by atoms with E-state index in [1.54, 1.807) is 0 Å². The van der Waals surface area contributed by atoms with E-state index in [9.17, 15) is 0 Å². The van der Waals surface area contributed by atoms with Gasteiger partial charge in [-0.2, -0.15) is 0 Å². The summed E-state index contributed by atoms with van der Waals surface area (Å²) in [6.45, 7) is 5.47. The molecule has 1 N–H and O–H groups in total. The Morgan fingerprint density at radius 2 is 2.27 bits per heavy atom. The van der Waals surface area contributed by atoms with Crippen molar-refractivity contribution in [1.29, 1.82) is 0 Å². The summed E-state index contributed by atoms with van der Waals surface area (Å²) in [5, 5.41) is 4.93. The lowest BCUT2D eigenvalue weighted by Gasteiger charge is -2.15. The second-order valence-corrected chi connectivity index (χ2v) is 5.87. The Labute approximate surface area is 96.1 Å². The van der Waals surface area contributed by atoms with Crippen LogP contribution in [0.3, 0.4) is 0 Å². The summed E-state index contributed by atoms with van der Waals surface area (Å²) in [6.07, 6.45) is 7.52. The molecule has 1 aromatic rings. The van der Waals surface area contributed by atoms with Crippen molar-refractivity contribution in [3.63, 3.8) is 0 Å². The third-order valence-electron chi connectivity index (χ3n) is 3.13. The Kier molecular flexibility index (Phi) is 3.76. The van der Waals surface area contributed by atoms with Crippen LogP contribution in [0.4, 0.5) is 0 Å². The van der Waals surface area contributed by atoms with E-state index >= 15 is 0 Å². The van der Waals surface area contributed by atoms with E-state index < -0.39 is 0 Å². The Hall–Kier alpha value is -0.410. The quantitative estimate of drug-likeness (QED) is 0.850. The number of aryl methyl sites for hydroxylation is 1. The van der Waals surface area contributed by atoms with Gasteiger partial charge in [0.05, 0.1) is 5.01 Å². The van der Waals surface area contributed by atoms with Crippen LogP contribution in [-0.2, 0) is 0 Å². The van der Waals surface area contributed by atoms with Gasteiger partial charge < -0.3 is 5.32 Å². The standard InChI is InChI=1S/C12H20N2S/c1-9(12-14-8-10(2)15-12)7-13-11-5-3-4-6-11/h8-9,11,13H,3-7H2,1-2H3. The molecular weight excluding hydrogens is 204 g/mol. The maximum atomic E-state index is 4.44. The largest absolute Gasteiger partial charge is 0.313 e. The third-order valence-corrected chi connectivity index (χ3v) is 4.27. The molecule has 2 nitrogen and oxygen atoms in total. The molecule has 1 aliphatic carbocycles. The van der Waals surface area contributed by atoms with E-state index in [4.69, 9.17) is 0 Å². The van der Waals surface area contributed by atoms with Gasteiger partial charge in [0.25, 0.3) is 0 Å². The van der Waals surface area contributed by atoms with Gasteiger partial charge in [-0.3, -0.25) is 0 Å². The number of hydrogen-bond donors (Lipinski definition) is 1. The molecule has 0 amide bonds. The van der Waals surface area contributed by atoms with E-state index in [1.807, 2.05) is 17.5 Å². The highest BCUT2D eigenvalue weighted by molar-refractivity contribution is 7.11. The minimum Gasteiger partial charge on any atom is -0.313 e. The molecule has 2 rings (SSSR count). The first-order valence-corrected chi connectivity index (χ1v) is 6.73. The molecule has 1 aliphatic rings. The average Bonchev–Trinajstić information content (AvgIpc) is 2.84. The average molecular weight is 224 g/mol. The highest BCUT2D eigenvalue weighted by atomic mass is 32.1. The fraction of sp³-hybridized carbons (Fsp3) is 0.750. The maximum Gasteiger partial charge on any atom is 0.0968 e. The molecule has 3 heteroatoms. The highest BCUT2D eigenvalue weighted by Crippen LogP contribution is 2.22. The van der Waals surface area contributed by atoms with E-state index in [-0.39, 0.29) is 0 Å². The van der Waals surface area contributed by atoms with Gasteiger partial charge in [0.15, 0.2) is 0 Å². The van der Waals surface area contributed by atoms with Crippen LogP contribution in [0, 0.1) is 6.92 Å². The Morgan fingerprint density at radius 3 is 2.87 bits per heavy atom. The zero-order valence-corrected chi connectivity index (χ0v) is 10.4. The fourth-order valence-corrected chi connectivity index (χ4v) is 2.99. The molecule has 0 aromatic carbocycles. The predicted molar refractivity (Wildman–Crippen MR) is 65.5 cm³/mol. The molecule has 0 radical (unpaired) electrons. The number of aromatic nitrogens is 1. The van der Waals surface area contributed by atoms with Crippen LogP contribution < -0.4 is 5.32 Å². The Balaban J connectivity index is 1.79. The topological polar surface area (TPSA) is 24.9 Å². The van der Waals surface area contributed by atoms with Crippen molar-refractivity contribution < 1.29 is 0 Å². The summed E-state index contributed by atoms with van der Waals surface area (Å²) in [5.41, 5.74) is 0. The molecule has 1 unspecified atom stereocenters. The Bertz CT molecular complexity index is 302. The zero-order chi connectivity index (χ0) is 10.7. The van der Waals surface area contributed by atoms with Gasteiger partial charge in [-0.1, -0.05) is 19.8 Å². The van der Waals surface area contributed by atoms with Crippen LogP contribution in [0.1, 0.15) is 48.4 Å². The number of hydrogen-bond acceptors (Lipinski definition) is 3. The highest BCUT2D eigenvalue weighted by Gasteiger charge is 2.16. The second kappa shape index (κ2) is 5.08. The summed E-state index contributed by atoms with van der Waals surface area (Å²) in [7, 11) is 0. The Morgan fingerprint density at radius 1 is 1.53 bits per heavy atom. The summed E-state index contributed by atoms with van der Waals surface area (Å²) in [6, 6.07) is 0.772. The zero-order valence-electron chi connectivity index (χ0n) is 9.62. The van der Waals surface area contributed by atoms with Crippen LogP contribution >= 0.6 is 11.3 Å². The molecule has 15 heavy (non-hydrogen) atoms. The molecule has 1 heterocycles. The van der Waals surface area contributed by atoms with Gasteiger partial charge in [-0.15, -0.1) is 11.3 Å². The van der Waals surface area contributed by atoms with Crippen LogP contribution in [0.2, 0.25) is 0 Å². The van der Waals surface area contributed by atoms with Gasteiger partial charge in [-0.05, 0) is 19.8 Å². The summed E-state index contributed by atoms with van der Waals surface area (Å²) >= 11 is 1.83. The van der Waals surface area contributed by atoms with Crippen molar-refractivity contribution >= 4 is 11.3 Å². The maximum absolute atomic E-state index is 4.44. The van der Waals surface area contributed by atoms with Crippen molar-refractivity contribution in [3.05, 3.63) is 16.1 Å². The monoisotopic (exact) mass is 224 g/mol. The molecule has 84 valence electrons. The van der Waals surface area contributed by atoms with Crippen molar-refractivity contribution in [2.75, 3.05) is 6.54 Å². The van der Waals surface area contributed by atoms with Crippen molar-refractivity contribution in [3.8, 4) is 0 Å². The van der Waals surface area contributed by atoms with Gasteiger partial charge in [-0.25, -0.2) is 4.98 Å². The van der Waals surface area contributed by atoms with E-state index in [0.717, 1.165) is 12.6 Å². The summed E-state index contributed by atoms with van der Waals surface area (Å²) < 4.78 is 0. The minimum absolute atomic E-state index is 0.560. The summed E-state index contributed by atoms with van der Waals surface area (Å²) in [4.78, 5) is 5.76. The fourth-order valence-electron chi connectivity index (χ4n) is 2.16. The lowest BCUT2D eigenvalue weighted by atomic mass is 10.1. The molecule has 1 atom stereocenters. The lowest BCUT2D eigenvalue weighted by Crippen LogP contribution is -2.29. The first kappa shape index (κ1) is 11.1. The SMILES string of the molecule is Cc1cnc(C(C)CNC2CCCC2)s1. The molecule has 1 saturated carbocycles. The van der Waals surface area contributed by atoms with Gasteiger partial charge in [0.1, 0.15) is 0 Å². The number of nitrogens with zero attached hydrogens (tertiary/aromatic N) is 1. The summed E-state index contributed by atoms with van der Waals surface area (Å²) in [5.74, 6) is 0.560. The minimum atomic E-state index is 0.560. The first-order valence-electron chi connectivity index (χ1n) is 5.91. The molecule has 1 aromatic heterocycles. The van der Waals surface area contributed by atoms with Crippen LogP contribution in [0.5, 0.6) is 0 Å². The van der Waals surface area contributed by atoms with Gasteiger partial charge in [0, 0.05) is 29.6 Å². The van der Waals surface area contributed by atoms with Crippen molar-refractivity contribution in [1.82, 2.24) is 10.3 Å². The molecule has 0 aliphatic heterocycles. The molecule has 0 bridgehead atoms. The second-order valence-electron chi connectivity index (χ2n) is 4.60. The van der Waals surface area contributed by atoms with E-state index in [1.165, 1.54) is 35.6 Å². The first-order chi connectivity index (χ1) is 7.25. The van der Waals surface area contributed by atoms with Crippen molar-refractivity contribution in [2.24, 2.45) is 0 Å². The van der Waals surface area contributed by atoms with Gasteiger partial charge >= 0.3 is 0 Å². The molecule has 1 fully saturated rings. The number of thiazole rings is 1. The molecule has 0 saturated heterocycles. The molecular formula is C12H20N2S. The van der Waals surface area contributed by atoms with Gasteiger partial charge in [0.2, 0.25) is 0 Å². The smallest absolute Gasteiger partial charge is 0.0968 e. The van der Waals surface area contributed by atoms with E-state index in [0.29, 0.717) is 5.92 Å². The molecule has 0 spiro atoms. The number of nitrogens with one attached hydrogen (secondary N) is 1. The van der Waals surface area contributed by atoms with Crippen LogP contribution in [0.25, 0.3) is 0 Å². The lowest BCUT2D eigenvalue weighted by molar-refractivity contribution is 0.499. The van der Waals surface area contributed by atoms with E-state index in [2.05, 4.69) is 24.1 Å². The number of rotatable bonds is 4. The van der Waals surface area contributed by atoms with Crippen molar-refractivity contribution in [2.45, 2.75) is 51.5 Å². The third kappa shape index (κ3) is 3.02. The normalized spacial score (nSPS) is 19.6.